The number of aryl methyl sites for hydroxylation is 1. The van der Waals surface area contributed by atoms with Crippen molar-refractivity contribution in [1.82, 2.24) is 10.6 Å². The minimum atomic E-state index is -0.801. The molecule has 18 heavy (non-hydrogen) atoms. The van der Waals surface area contributed by atoms with Crippen molar-refractivity contribution in [3.8, 4) is 0 Å². The third-order valence-electron chi connectivity index (χ3n) is 3.89. The summed E-state index contributed by atoms with van der Waals surface area (Å²) in [5.74, 6) is -0.801. The Kier molecular flexibility index (Phi) is 3.68. The van der Waals surface area contributed by atoms with Crippen molar-refractivity contribution < 1.29 is 9.90 Å². The SMILES string of the molecule is Cc1ccc(C2NCCNC2C(=O)O)c(C)c1C. The number of carbonyl (C=O) groups is 1. The first kappa shape index (κ1) is 13.1. The van der Waals surface area contributed by atoms with Crippen molar-refractivity contribution in [2.75, 3.05) is 13.1 Å². The van der Waals surface area contributed by atoms with Crippen molar-refractivity contribution in [3.63, 3.8) is 0 Å². The Morgan fingerprint density at radius 3 is 2.50 bits per heavy atom. The molecule has 1 aromatic rings. The highest BCUT2D eigenvalue weighted by Crippen LogP contribution is 2.26. The highest BCUT2D eigenvalue weighted by Gasteiger charge is 2.32. The molecule has 4 nitrogen and oxygen atoms in total. The van der Waals surface area contributed by atoms with E-state index in [0.717, 1.165) is 12.1 Å². The molecule has 1 saturated heterocycles. The molecule has 0 saturated carbocycles. The number of hydrogen-bond acceptors (Lipinski definition) is 3. The third-order valence-corrected chi connectivity index (χ3v) is 3.89. The monoisotopic (exact) mass is 248 g/mol. The molecule has 0 bridgehead atoms. The second kappa shape index (κ2) is 5.08. The summed E-state index contributed by atoms with van der Waals surface area (Å²) < 4.78 is 0. The zero-order valence-corrected chi connectivity index (χ0v) is 11.1. The van der Waals surface area contributed by atoms with Gasteiger partial charge in [0.1, 0.15) is 6.04 Å². The summed E-state index contributed by atoms with van der Waals surface area (Å²) in [7, 11) is 0. The van der Waals surface area contributed by atoms with Crippen molar-refractivity contribution in [3.05, 3.63) is 34.4 Å². The van der Waals surface area contributed by atoms with E-state index in [1.807, 2.05) is 6.07 Å². The molecule has 4 heteroatoms. The van der Waals surface area contributed by atoms with Crippen molar-refractivity contribution in [1.29, 1.82) is 0 Å². The Morgan fingerprint density at radius 1 is 1.17 bits per heavy atom. The lowest BCUT2D eigenvalue weighted by molar-refractivity contribution is -0.140. The van der Waals surface area contributed by atoms with E-state index < -0.39 is 12.0 Å². The van der Waals surface area contributed by atoms with Gasteiger partial charge in [-0.1, -0.05) is 12.1 Å². The smallest absolute Gasteiger partial charge is 0.322 e. The van der Waals surface area contributed by atoms with E-state index in [-0.39, 0.29) is 6.04 Å². The fraction of sp³-hybridized carbons (Fsp3) is 0.500. The number of rotatable bonds is 2. The van der Waals surface area contributed by atoms with E-state index in [1.165, 1.54) is 16.7 Å². The van der Waals surface area contributed by atoms with Gasteiger partial charge in [-0.25, -0.2) is 0 Å². The van der Waals surface area contributed by atoms with Gasteiger partial charge in [0.15, 0.2) is 0 Å². The zero-order valence-electron chi connectivity index (χ0n) is 11.1. The molecule has 1 heterocycles. The lowest BCUT2D eigenvalue weighted by Gasteiger charge is -2.32. The summed E-state index contributed by atoms with van der Waals surface area (Å²) in [5.41, 5.74) is 4.75. The molecule has 2 unspecified atom stereocenters. The number of nitrogens with one attached hydrogen (secondary N) is 2. The standard InChI is InChI=1S/C14H20N2O2/c1-8-4-5-11(10(3)9(8)2)12-13(14(17)18)16-7-6-15-12/h4-5,12-13,15-16H,6-7H2,1-3H3,(H,17,18). The number of piperazine rings is 1. The maximum Gasteiger partial charge on any atom is 0.322 e. The Balaban J connectivity index is 2.40. The first-order chi connectivity index (χ1) is 8.52. The van der Waals surface area contributed by atoms with Gasteiger partial charge >= 0.3 is 5.97 Å². The van der Waals surface area contributed by atoms with E-state index >= 15 is 0 Å². The van der Waals surface area contributed by atoms with Crippen LogP contribution in [0.25, 0.3) is 0 Å². The van der Waals surface area contributed by atoms with Crippen molar-refractivity contribution >= 4 is 5.97 Å². The molecular weight excluding hydrogens is 228 g/mol. The van der Waals surface area contributed by atoms with Crippen LogP contribution in [0.3, 0.4) is 0 Å². The van der Waals surface area contributed by atoms with Crippen LogP contribution < -0.4 is 10.6 Å². The normalized spacial score (nSPS) is 23.9. The first-order valence-electron chi connectivity index (χ1n) is 6.28. The summed E-state index contributed by atoms with van der Waals surface area (Å²) in [6.07, 6.45) is 0. The highest BCUT2D eigenvalue weighted by atomic mass is 16.4. The predicted octanol–water partition coefficient (Wildman–Crippen LogP) is 1.30. The van der Waals surface area contributed by atoms with Gasteiger partial charge in [-0.05, 0) is 43.0 Å². The molecular formula is C14H20N2O2. The van der Waals surface area contributed by atoms with Crippen LogP contribution in [0.15, 0.2) is 12.1 Å². The fourth-order valence-corrected chi connectivity index (χ4v) is 2.52. The van der Waals surface area contributed by atoms with Crippen LogP contribution in [0.1, 0.15) is 28.3 Å². The minimum Gasteiger partial charge on any atom is -0.480 e. The van der Waals surface area contributed by atoms with Gasteiger partial charge < -0.3 is 15.7 Å². The number of aliphatic carboxylic acids is 1. The van der Waals surface area contributed by atoms with E-state index in [9.17, 15) is 9.90 Å². The second-order valence-electron chi connectivity index (χ2n) is 4.92. The molecule has 0 radical (unpaired) electrons. The van der Waals surface area contributed by atoms with E-state index in [1.54, 1.807) is 0 Å². The van der Waals surface area contributed by atoms with Crippen LogP contribution in [0.5, 0.6) is 0 Å². The van der Waals surface area contributed by atoms with Crippen molar-refractivity contribution in [2.24, 2.45) is 0 Å². The molecule has 1 fully saturated rings. The first-order valence-corrected chi connectivity index (χ1v) is 6.28. The van der Waals surface area contributed by atoms with E-state index in [2.05, 4.69) is 37.5 Å². The average molecular weight is 248 g/mol. The molecule has 0 amide bonds. The van der Waals surface area contributed by atoms with Gasteiger partial charge in [0.05, 0.1) is 6.04 Å². The Bertz CT molecular complexity index is 471. The molecule has 2 atom stereocenters. The van der Waals surface area contributed by atoms with Crippen LogP contribution in [-0.2, 0) is 4.79 Å². The second-order valence-corrected chi connectivity index (χ2v) is 4.92. The maximum absolute atomic E-state index is 11.3. The molecule has 0 aliphatic carbocycles. The van der Waals surface area contributed by atoms with Gasteiger partial charge in [-0.3, -0.25) is 4.79 Å². The van der Waals surface area contributed by atoms with Gasteiger partial charge in [0.2, 0.25) is 0 Å². The Hall–Kier alpha value is -1.39. The molecule has 1 aliphatic heterocycles. The van der Waals surface area contributed by atoms with E-state index in [0.29, 0.717) is 6.54 Å². The van der Waals surface area contributed by atoms with Crippen LogP contribution in [-0.4, -0.2) is 30.2 Å². The summed E-state index contributed by atoms with van der Waals surface area (Å²) in [6.45, 7) is 7.71. The molecule has 0 aromatic heterocycles. The van der Waals surface area contributed by atoms with Crippen LogP contribution in [0.4, 0.5) is 0 Å². The molecule has 98 valence electrons. The number of benzene rings is 1. The fourth-order valence-electron chi connectivity index (χ4n) is 2.52. The van der Waals surface area contributed by atoms with Crippen LogP contribution in [0.2, 0.25) is 0 Å². The molecule has 1 aliphatic rings. The summed E-state index contributed by atoms with van der Waals surface area (Å²) in [4.78, 5) is 11.3. The largest absolute Gasteiger partial charge is 0.480 e. The Labute approximate surface area is 107 Å². The number of hydrogen-bond donors (Lipinski definition) is 3. The Morgan fingerprint density at radius 2 is 1.83 bits per heavy atom. The topological polar surface area (TPSA) is 61.4 Å². The maximum atomic E-state index is 11.3. The molecule has 2 rings (SSSR count). The zero-order chi connectivity index (χ0) is 13.3. The third kappa shape index (κ3) is 2.26. The van der Waals surface area contributed by atoms with Gasteiger partial charge in [0.25, 0.3) is 0 Å². The average Bonchev–Trinajstić information content (AvgIpc) is 2.36. The van der Waals surface area contributed by atoms with Crippen LogP contribution in [0, 0.1) is 20.8 Å². The van der Waals surface area contributed by atoms with Gasteiger partial charge in [-0.2, -0.15) is 0 Å². The predicted molar refractivity (Wildman–Crippen MR) is 70.8 cm³/mol. The quantitative estimate of drug-likeness (QED) is 0.738. The molecule has 0 spiro atoms. The lowest BCUT2D eigenvalue weighted by Crippen LogP contribution is -2.54. The lowest BCUT2D eigenvalue weighted by atomic mass is 9.90. The van der Waals surface area contributed by atoms with Gasteiger partial charge in [-0.15, -0.1) is 0 Å². The summed E-state index contributed by atoms with van der Waals surface area (Å²) in [6, 6.07) is 3.39. The number of carboxylic acids is 1. The molecule has 1 aromatic carbocycles. The highest BCUT2D eigenvalue weighted by molar-refractivity contribution is 5.75. The minimum absolute atomic E-state index is 0.157. The summed E-state index contributed by atoms with van der Waals surface area (Å²) in [5, 5.41) is 15.7. The molecule has 3 N–H and O–H groups in total. The van der Waals surface area contributed by atoms with Crippen molar-refractivity contribution in [2.45, 2.75) is 32.9 Å². The van der Waals surface area contributed by atoms with Gasteiger partial charge in [0, 0.05) is 13.1 Å². The van der Waals surface area contributed by atoms with Crippen LogP contribution >= 0.6 is 0 Å². The van der Waals surface area contributed by atoms with E-state index in [4.69, 9.17) is 0 Å². The number of carboxylic acid groups (broad SMARTS) is 1. The summed E-state index contributed by atoms with van der Waals surface area (Å²) >= 11 is 0.